The molecule has 0 atom stereocenters. The molecule has 1 heterocycles. The van der Waals surface area contributed by atoms with E-state index >= 15 is 0 Å². The quantitative estimate of drug-likeness (QED) is 0.520. The predicted molar refractivity (Wildman–Crippen MR) is 63.8 cm³/mol. The van der Waals surface area contributed by atoms with E-state index in [0.29, 0.717) is 0 Å². The van der Waals surface area contributed by atoms with Gasteiger partial charge in [0.1, 0.15) is 0 Å². The van der Waals surface area contributed by atoms with E-state index in [9.17, 15) is 18.0 Å². The second-order valence-electron chi connectivity index (χ2n) is 4.40. The molecule has 0 unspecified atom stereocenters. The van der Waals surface area contributed by atoms with Crippen molar-refractivity contribution in [3.63, 3.8) is 0 Å². The number of aromatic amines is 2. The lowest BCUT2D eigenvalue weighted by Crippen LogP contribution is -2.45. The van der Waals surface area contributed by atoms with Gasteiger partial charge in [0.15, 0.2) is 4.90 Å². The molecular weight excluding hydrogens is 262 g/mol. The van der Waals surface area contributed by atoms with Crippen molar-refractivity contribution < 1.29 is 13.5 Å². The molecule has 0 aliphatic carbocycles. The van der Waals surface area contributed by atoms with Crippen molar-refractivity contribution >= 4 is 10.0 Å². The summed E-state index contributed by atoms with van der Waals surface area (Å²) in [4.78, 5) is 25.5. The zero-order chi connectivity index (χ0) is 14.0. The first-order valence-corrected chi connectivity index (χ1v) is 6.63. The van der Waals surface area contributed by atoms with E-state index in [1.807, 2.05) is 4.98 Å². The SMILES string of the molecule is CC(C)(CCO)NS(=O)(=O)c1c[nH]c(=O)[nH]c1=O. The molecular formula is C9H15N3O5S. The molecule has 0 saturated heterocycles. The van der Waals surface area contributed by atoms with E-state index in [1.165, 1.54) is 0 Å². The zero-order valence-corrected chi connectivity index (χ0v) is 10.8. The summed E-state index contributed by atoms with van der Waals surface area (Å²) in [7, 11) is -4.06. The monoisotopic (exact) mass is 277 g/mol. The first-order valence-electron chi connectivity index (χ1n) is 5.15. The minimum absolute atomic E-state index is 0.188. The van der Waals surface area contributed by atoms with Crippen molar-refractivity contribution in [2.24, 2.45) is 0 Å². The third kappa shape index (κ3) is 3.52. The van der Waals surface area contributed by atoms with Gasteiger partial charge in [-0.3, -0.25) is 9.78 Å². The summed E-state index contributed by atoms with van der Waals surface area (Å²) in [6.45, 7) is 2.94. The zero-order valence-electron chi connectivity index (χ0n) is 9.98. The molecule has 9 heteroatoms. The van der Waals surface area contributed by atoms with Crippen LogP contribution in [0.3, 0.4) is 0 Å². The van der Waals surface area contributed by atoms with E-state index in [0.717, 1.165) is 6.20 Å². The summed E-state index contributed by atoms with van der Waals surface area (Å²) in [6.07, 6.45) is 1.02. The van der Waals surface area contributed by atoms with Gasteiger partial charge in [-0.1, -0.05) is 0 Å². The molecule has 8 nitrogen and oxygen atoms in total. The minimum Gasteiger partial charge on any atom is -0.396 e. The number of hydrogen-bond donors (Lipinski definition) is 4. The summed E-state index contributed by atoms with van der Waals surface area (Å²) in [5.74, 6) is 0. The Morgan fingerprint density at radius 3 is 2.50 bits per heavy atom. The summed E-state index contributed by atoms with van der Waals surface area (Å²) in [5.41, 5.74) is -2.68. The Kier molecular flexibility index (Phi) is 4.09. The summed E-state index contributed by atoms with van der Waals surface area (Å²) < 4.78 is 26.1. The fraction of sp³-hybridized carbons (Fsp3) is 0.556. The number of aliphatic hydroxyl groups excluding tert-OH is 1. The molecule has 0 amide bonds. The summed E-state index contributed by atoms with van der Waals surface area (Å²) >= 11 is 0. The molecule has 4 N–H and O–H groups in total. The molecule has 0 spiro atoms. The molecule has 0 bridgehead atoms. The topological polar surface area (TPSA) is 132 Å². The van der Waals surface area contributed by atoms with Crippen molar-refractivity contribution in [2.75, 3.05) is 6.61 Å². The number of aliphatic hydroxyl groups is 1. The maximum atomic E-state index is 11.9. The van der Waals surface area contributed by atoms with Gasteiger partial charge in [-0.05, 0) is 20.3 Å². The normalized spacial score (nSPS) is 12.6. The Bertz CT molecular complexity index is 628. The number of sulfonamides is 1. The van der Waals surface area contributed by atoms with Crippen LogP contribution in [0.15, 0.2) is 20.7 Å². The molecule has 0 aliphatic heterocycles. The average Bonchev–Trinajstić information content (AvgIpc) is 2.14. The number of aromatic nitrogens is 2. The van der Waals surface area contributed by atoms with E-state index < -0.39 is 31.7 Å². The highest BCUT2D eigenvalue weighted by Crippen LogP contribution is 2.12. The smallest absolute Gasteiger partial charge is 0.325 e. The summed E-state index contributed by atoms with van der Waals surface area (Å²) in [6, 6.07) is 0. The third-order valence-corrected chi connectivity index (χ3v) is 3.93. The predicted octanol–water partition coefficient (Wildman–Crippen LogP) is -1.50. The van der Waals surface area contributed by atoms with Gasteiger partial charge < -0.3 is 10.1 Å². The van der Waals surface area contributed by atoms with Gasteiger partial charge in [0.05, 0.1) is 0 Å². The Balaban J connectivity index is 3.15. The van der Waals surface area contributed by atoms with Crippen LogP contribution in [-0.2, 0) is 10.0 Å². The van der Waals surface area contributed by atoms with Crippen LogP contribution in [0.25, 0.3) is 0 Å². The molecule has 0 fully saturated rings. The van der Waals surface area contributed by atoms with Crippen LogP contribution in [0.5, 0.6) is 0 Å². The molecule has 1 rings (SSSR count). The molecule has 0 radical (unpaired) electrons. The minimum atomic E-state index is -4.06. The fourth-order valence-corrected chi connectivity index (χ4v) is 2.79. The van der Waals surface area contributed by atoms with Crippen LogP contribution in [0.2, 0.25) is 0 Å². The second kappa shape index (κ2) is 5.04. The highest BCUT2D eigenvalue weighted by molar-refractivity contribution is 7.89. The van der Waals surface area contributed by atoms with Gasteiger partial charge >= 0.3 is 5.69 Å². The second-order valence-corrected chi connectivity index (χ2v) is 6.05. The molecule has 102 valence electrons. The number of hydrogen-bond acceptors (Lipinski definition) is 5. The van der Waals surface area contributed by atoms with Crippen molar-refractivity contribution in [1.82, 2.24) is 14.7 Å². The lowest BCUT2D eigenvalue weighted by atomic mass is 10.0. The van der Waals surface area contributed by atoms with Crippen molar-refractivity contribution in [3.8, 4) is 0 Å². The van der Waals surface area contributed by atoms with Gasteiger partial charge in [0.2, 0.25) is 10.0 Å². The summed E-state index contributed by atoms with van der Waals surface area (Å²) in [5, 5.41) is 8.81. The third-order valence-electron chi connectivity index (χ3n) is 2.22. The van der Waals surface area contributed by atoms with Gasteiger partial charge in [-0.25, -0.2) is 17.9 Å². The lowest BCUT2D eigenvalue weighted by Gasteiger charge is -2.24. The Morgan fingerprint density at radius 1 is 1.39 bits per heavy atom. The molecule has 0 aliphatic rings. The van der Waals surface area contributed by atoms with Gasteiger partial charge in [0, 0.05) is 18.3 Å². The molecule has 1 aromatic heterocycles. The molecule has 0 saturated carbocycles. The van der Waals surface area contributed by atoms with Crippen molar-refractivity contribution in [1.29, 1.82) is 0 Å². The highest BCUT2D eigenvalue weighted by Gasteiger charge is 2.27. The van der Waals surface area contributed by atoms with Crippen LogP contribution >= 0.6 is 0 Å². The molecule has 1 aromatic rings. The van der Waals surface area contributed by atoms with Crippen molar-refractivity contribution in [3.05, 3.63) is 27.0 Å². The van der Waals surface area contributed by atoms with Gasteiger partial charge in [-0.2, -0.15) is 0 Å². The molecule has 18 heavy (non-hydrogen) atoms. The van der Waals surface area contributed by atoms with E-state index in [1.54, 1.807) is 13.8 Å². The standard InChI is InChI=1S/C9H15N3O5S/c1-9(2,3-4-13)12-18(16,17)6-5-10-8(15)11-7(6)14/h5,12-13H,3-4H2,1-2H3,(H2,10,11,14,15). The molecule has 0 aromatic carbocycles. The Labute approximate surface area is 103 Å². The van der Waals surface area contributed by atoms with Crippen molar-refractivity contribution in [2.45, 2.75) is 30.7 Å². The number of H-pyrrole nitrogens is 2. The van der Waals surface area contributed by atoms with Crippen LogP contribution in [-0.4, -0.2) is 35.6 Å². The van der Waals surface area contributed by atoms with E-state index in [2.05, 4.69) is 9.71 Å². The first kappa shape index (κ1) is 14.6. The number of nitrogens with one attached hydrogen (secondary N) is 3. The first-order chi connectivity index (χ1) is 8.18. The van der Waals surface area contributed by atoms with E-state index in [-0.39, 0.29) is 13.0 Å². The van der Waals surface area contributed by atoms with Crippen LogP contribution in [0.4, 0.5) is 0 Å². The largest absolute Gasteiger partial charge is 0.396 e. The van der Waals surface area contributed by atoms with Gasteiger partial charge in [-0.15, -0.1) is 0 Å². The maximum Gasteiger partial charge on any atom is 0.325 e. The van der Waals surface area contributed by atoms with Crippen LogP contribution < -0.4 is 16.0 Å². The average molecular weight is 277 g/mol. The highest BCUT2D eigenvalue weighted by atomic mass is 32.2. The van der Waals surface area contributed by atoms with Crippen LogP contribution in [0.1, 0.15) is 20.3 Å². The van der Waals surface area contributed by atoms with E-state index in [4.69, 9.17) is 5.11 Å². The fourth-order valence-electron chi connectivity index (χ4n) is 1.35. The Morgan fingerprint density at radius 2 is 2.00 bits per heavy atom. The maximum absolute atomic E-state index is 11.9. The lowest BCUT2D eigenvalue weighted by molar-refractivity contribution is 0.245. The van der Waals surface area contributed by atoms with Gasteiger partial charge in [0.25, 0.3) is 5.56 Å². The van der Waals surface area contributed by atoms with Crippen LogP contribution in [0, 0.1) is 0 Å². The number of rotatable bonds is 5. The Hall–Kier alpha value is -1.45.